The third-order valence-electron chi connectivity index (χ3n) is 5.56. The summed E-state index contributed by atoms with van der Waals surface area (Å²) in [6, 6.07) is 11.9. The van der Waals surface area contributed by atoms with Crippen molar-refractivity contribution in [1.82, 2.24) is 24.6 Å². The van der Waals surface area contributed by atoms with Gasteiger partial charge in [-0.15, -0.1) is 0 Å². The van der Waals surface area contributed by atoms with Crippen LogP contribution in [0.25, 0.3) is 16.7 Å². The Kier molecular flexibility index (Phi) is 5.66. The van der Waals surface area contributed by atoms with Crippen LogP contribution in [0, 0.1) is 11.6 Å². The van der Waals surface area contributed by atoms with Gasteiger partial charge in [-0.1, -0.05) is 6.07 Å². The van der Waals surface area contributed by atoms with E-state index in [1.165, 1.54) is 30.6 Å². The molecule has 4 aromatic rings. The van der Waals surface area contributed by atoms with Gasteiger partial charge in [0.25, 0.3) is 0 Å². The van der Waals surface area contributed by atoms with Crippen molar-refractivity contribution in [3.63, 3.8) is 0 Å². The fourth-order valence-corrected chi connectivity index (χ4v) is 3.94. The minimum atomic E-state index is -0.389. The van der Waals surface area contributed by atoms with Crippen LogP contribution in [0.5, 0.6) is 0 Å². The molecule has 168 valence electrons. The predicted octanol–water partition coefficient (Wildman–Crippen LogP) is 2.85. The summed E-state index contributed by atoms with van der Waals surface area (Å²) in [4.78, 5) is 25.4. The van der Waals surface area contributed by atoms with Gasteiger partial charge in [-0.25, -0.2) is 23.4 Å². The molecule has 1 amide bonds. The number of carbonyl (C=O) groups is 1. The molecule has 1 N–H and O–H groups in total. The van der Waals surface area contributed by atoms with Crippen LogP contribution < -0.4 is 10.2 Å². The van der Waals surface area contributed by atoms with E-state index in [4.69, 9.17) is 0 Å². The van der Waals surface area contributed by atoms with Crippen LogP contribution in [0.1, 0.15) is 0 Å². The molecule has 0 unspecified atom stereocenters. The van der Waals surface area contributed by atoms with Crippen molar-refractivity contribution in [2.45, 2.75) is 0 Å². The maximum absolute atomic E-state index is 13.3. The summed E-state index contributed by atoms with van der Waals surface area (Å²) in [7, 11) is 0. The lowest BCUT2D eigenvalue weighted by atomic mass is 10.2. The Morgan fingerprint density at radius 1 is 0.970 bits per heavy atom. The topological polar surface area (TPSA) is 79.2 Å². The minimum Gasteiger partial charge on any atom is -0.353 e. The van der Waals surface area contributed by atoms with Gasteiger partial charge in [0.1, 0.15) is 23.8 Å². The highest BCUT2D eigenvalue weighted by Crippen LogP contribution is 2.25. The number of nitrogens with one attached hydrogen (secondary N) is 1. The first-order chi connectivity index (χ1) is 16.1. The van der Waals surface area contributed by atoms with Crippen molar-refractivity contribution >= 4 is 28.4 Å². The van der Waals surface area contributed by atoms with E-state index in [-0.39, 0.29) is 24.1 Å². The van der Waals surface area contributed by atoms with Crippen LogP contribution >= 0.6 is 0 Å². The van der Waals surface area contributed by atoms with E-state index in [1.54, 1.807) is 35.1 Å². The number of benzene rings is 2. The highest BCUT2D eigenvalue weighted by Gasteiger charge is 2.23. The lowest BCUT2D eigenvalue weighted by Gasteiger charge is -2.35. The van der Waals surface area contributed by atoms with Gasteiger partial charge in [-0.05, 0) is 42.5 Å². The van der Waals surface area contributed by atoms with Crippen LogP contribution in [0.4, 0.5) is 20.3 Å². The van der Waals surface area contributed by atoms with Gasteiger partial charge in [0.15, 0.2) is 5.65 Å². The summed E-state index contributed by atoms with van der Waals surface area (Å²) in [6.07, 6.45) is 3.21. The third kappa shape index (κ3) is 4.51. The quantitative estimate of drug-likeness (QED) is 0.505. The number of anilines is 2. The van der Waals surface area contributed by atoms with E-state index in [1.807, 2.05) is 4.90 Å². The molecule has 0 bridgehead atoms. The molecule has 1 aliphatic rings. The molecule has 2 aromatic heterocycles. The normalized spacial score (nSPS) is 14.5. The largest absolute Gasteiger partial charge is 0.353 e. The van der Waals surface area contributed by atoms with Gasteiger partial charge < -0.3 is 10.2 Å². The summed E-state index contributed by atoms with van der Waals surface area (Å²) in [5.74, 6) is -0.107. The molecule has 0 aliphatic carbocycles. The van der Waals surface area contributed by atoms with E-state index in [0.717, 1.165) is 11.2 Å². The number of hydrogen-bond acceptors (Lipinski definition) is 6. The van der Waals surface area contributed by atoms with Crippen LogP contribution in [0.3, 0.4) is 0 Å². The second-order valence-electron chi connectivity index (χ2n) is 7.79. The van der Waals surface area contributed by atoms with Gasteiger partial charge in [-0.3, -0.25) is 9.69 Å². The summed E-state index contributed by atoms with van der Waals surface area (Å²) < 4.78 is 28.2. The molecule has 0 spiro atoms. The summed E-state index contributed by atoms with van der Waals surface area (Å²) in [6.45, 7) is 2.94. The molecule has 1 fully saturated rings. The molecule has 33 heavy (non-hydrogen) atoms. The van der Waals surface area contributed by atoms with E-state index < -0.39 is 0 Å². The fourth-order valence-electron chi connectivity index (χ4n) is 3.94. The maximum Gasteiger partial charge on any atom is 0.238 e. The third-order valence-corrected chi connectivity index (χ3v) is 5.56. The Bertz CT molecular complexity index is 1280. The average molecular weight is 449 g/mol. The lowest BCUT2D eigenvalue weighted by Crippen LogP contribution is -2.49. The Morgan fingerprint density at radius 3 is 2.52 bits per heavy atom. The van der Waals surface area contributed by atoms with Gasteiger partial charge in [0.2, 0.25) is 5.91 Å². The smallest absolute Gasteiger partial charge is 0.238 e. The second-order valence-corrected chi connectivity index (χ2v) is 7.79. The molecule has 0 saturated carbocycles. The van der Waals surface area contributed by atoms with Crippen molar-refractivity contribution in [3.8, 4) is 5.69 Å². The molecule has 0 radical (unpaired) electrons. The molecular formula is C23H21F2N7O. The SMILES string of the molecule is O=C(CN1CCN(c2ncnc3c2cnn3-c2ccc(F)cc2)CC1)Nc1cccc(F)c1. The standard InChI is InChI=1S/C23H21F2N7O/c24-16-4-6-19(7-5-16)32-23-20(13-28-32)22(26-15-27-23)31-10-8-30(9-11-31)14-21(33)29-18-3-1-2-17(25)12-18/h1-7,12-13,15H,8-11,14H2,(H,29,33). The van der Waals surface area contributed by atoms with Crippen molar-refractivity contribution in [3.05, 3.63) is 72.7 Å². The van der Waals surface area contributed by atoms with Crippen molar-refractivity contribution in [2.24, 2.45) is 0 Å². The van der Waals surface area contributed by atoms with Crippen LogP contribution in [0.2, 0.25) is 0 Å². The minimum absolute atomic E-state index is 0.181. The summed E-state index contributed by atoms with van der Waals surface area (Å²) in [5, 5.41) is 7.96. The molecule has 3 heterocycles. The van der Waals surface area contributed by atoms with Gasteiger partial charge in [0.05, 0.1) is 23.8 Å². The number of carbonyl (C=O) groups excluding carboxylic acids is 1. The highest BCUT2D eigenvalue weighted by atomic mass is 19.1. The number of amides is 1. The number of piperazine rings is 1. The van der Waals surface area contributed by atoms with Crippen LogP contribution in [-0.4, -0.2) is 63.3 Å². The molecular weight excluding hydrogens is 428 g/mol. The van der Waals surface area contributed by atoms with Crippen LogP contribution in [-0.2, 0) is 4.79 Å². The summed E-state index contributed by atoms with van der Waals surface area (Å²) in [5.41, 5.74) is 1.80. The predicted molar refractivity (Wildman–Crippen MR) is 120 cm³/mol. The van der Waals surface area contributed by atoms with E-state index in [0.29, 0.717) is 43.2 Å². The Hall–Kier alpha value is -3.92. The van der Waals surface area contributed by atoms with Gasteiger partial charge in [0, 0.05) is 31.9 Å². The fraction of sp³-hybridized carbons (Fsp3) is 0.217. The zero-order chi connectivity index (χ0) is 22.8. The zero-order valence-electron chi connectivity index (χ0n) is 17.7. The Balaban J connectivity index is 1.25. The zero-order valence-corrected chi connectivity index (χ0v) is 17.7. The van der Waals surface area contributed by atoms with Crippen molar-refractivity contribution in [1.29, 1.82) is 0 Å². The van der Waals surface area contributed by atoms with E-state index >= 15 is 0 Å². The monoisotopic (exact) mass is 449 g/mol. The van der Waals surface area contributed by atoms with Gasteiger partial charge >= 0.3 is 0 Å². The highest BCUT2D eigenvalue weighted by molar-refractivity contribution is 5.92. The van der Waals surface area contributed by atoms with E-state index in [9.17, 15) is 13.6 Å². The second kappa shape index (κ2) is 8.91. The number of fused-ring (bicyclic) bond motifs is 1. The number of halogens is 2. The van der Waals surface area contributed by atoms with Gasteiger partial charge in [-0.2, -0.15) is 5.10 Å². The van der Waals surface area contributed by atoms with E-state index in [2.05, 4.69) is 25.3 Å². The molecule has 10 heteroatoms. The number of hydrogen-bond donors (Lipinski definition) is 1. The number of aromatic nitrogens is 4. The molecule has 5 rings (SSSR count). The first kappa shape index (κ1) is 21.0. The first-order valence-electron chi connectivity index (χ1n) is 10.5. The maximum atomic E-state index is 13.3. The average Bonchev–Trinajstić information content (AvgIpc) is 3.24. The molecule has 0 atom stereocenters. The van der Waals surface area contributed by atoms with Crippen molar-refractivity contribution in [2.75, 3.05) is 42.9 Å². The molecule has 1 aliphatic heterocycles. The number of rotatable bonds is 5. The van der Waals surface area contributed by atoms with Crippen LogP contribution in [0.15, 0.2) is 61.1 Å². The number of nitrogens with zero attached hydrogens (tertiary/aromatic N) is 6. The summed E-state index contributed by atoms with van der Waals surface area (Å²) >= 11 is 0. The Labute approximate surface area is 188 Å². The Morgan fingerprint density at radius 2 is 1.76 bits per heavy atom. The molecule has 2 aromatic carbocycles. The molecule has 1 saturated heterocycles. The van der Waals surface area contributed by atoms with Crippen molar-refractivity contribution < 1.29 is 13.6 Å². The lowest BCUT2D eigenvalue weighted by molar-refractivity contribution is -0.117. The molecule has 8 nitrogen and oxygen atoms in total. The first-order valence-corrected chi connectivity index (χ1v) is 10.5.